The van der Waals surface area contributed by atoms with Gasteiger partial charge in [0, 0.05) is 18.9 Å². The molecule has 1 aliphatic heterocycles. The van der Waals surface area contributed by atoms with Crippen molar-refractivity contribution >= 4 is 0 Å². The molecule has 78 valence electrons. The molecule has 4 atom stereocenters. The van der Waals surface area contributed by atoms with Crippen molar-refractivity contribution in [2.45, 2.75) is 52.1 Å². The summed E-state index contributed by atoms with van der Waals surface area (Å²) in [5.41, 5.74) is -0.0711. The van der Waals surface area contributed by atoms with E-state index < -0.39 is 0 Å². The van der Waals surface area contributed by atoms with Crippen LogP contribution in [0.5, 0.6) is 0 Å². The SMILES string of the molecule is CCC1(C)CC(OC)O[C@@H](C)[C@@H]1O. The molecule has 0 radical (unpaired) electrons. The van der Waals surface area contributed by atoms with Crippen LogP contribution in [0.1, 0.15) is 33.6 Å². The van der Waals surface area contributed by atoms with Crippen LogP contribution in [-0.4, -0.2) is 30.7 Å². The lowest BCUT2D eigenvalue weighted by Crippen LogP contribution is -2.50. The van der Waals surface area contributed by atoms with E-state index in [0.717, 1.165) is 12.8 Å². The molecule has 1 N–H and O–H groups in total. The molecule has 0 aliphatic carbocycles. The van der Waals surface area contributed by atoms with Gasteiger partial charge in [-0.2, -0.15) is 0 Å². The van der Waals surface area contributed by atoms with Crippen molar-refractivity contribution in [1.82, 2.24) is 0 Å². The minimum Gasteiger partial charge on any atom is -0.390 e. The van der Waals surface area contributed by atoms with E-state index in [9.17, 15) is 5.11 Å². The van der Waals surface area contributed by atoms with Gasteiger partial charge in [0.15, 0.2) is 6.29 Å². The van der Waals surface area contributed by atoms with Crippen LogP contribution in [0.25, 0.3) is 0 Å². The van der Waals surface area contributed by atoms with E-state index in [1.54, 1.807) is 7.11 Å². The van der Waals surface area contributed by atoms with Crippen LogP contribution in [0.3, 0.4) is 0 Å². The first-order chi connectivity index (χ1) is 6.03. The Labute approximate surface area is 80.0 Å². The number of aliphatic hydroxyl groups is 1. The van der Waals surface area contributed by atoms with Crippen LogP contribution in [0.2, 0.25) is 0 Å². The fourth-order valence-corrected chi connectivity index (χ4v) is 1.92. The van der Waals surface area contributed by atoms with Crippen LogP contribution in [0.15, 0.2) is 0 Å². The summed E-state index contributed by atoms with van der Waals surface area (Å²) in [5.74, 6) is 0. The van der Waals surface area contributed by atoms with Crippen LogP contribution in [0, 0.1) is 5.41 Å². The summed E-state index contributed by atoms with van der Waals surface area (Å²) in [6, 6.07) is 0. The molecule has 0 amide bonds. The number of methoxy groups -OCH3 is 1. The topological polar surface area (TPSA) is 38.7 Å². The van der Waals surface area contributed by atoms with Gasteiger partial charge in [-0.1, -0.05) is 13.8 Å². The summed E-state index contributed by atoms with van der Waals surface area (Å²) in [6.45, 7) is 6.07. The summed E-state index contributed by atoms with van der Waals surface area (Å²) in [7, 11) is 1.64. The zero-order valence-electron chi connectivity index (χ0n) is 8.91. The summed E-state index contributed by atoms with van der Waals surface area (Å²) in [5, 5.41) is 9.93. The molecule has 3 heteroatoms. The third kappa shape index (κ3) is 2.03. The third-order valence-corrected chi connectivity index (χ3v) is 3.23. The highest BCUT2D eigenvalue weighted by Gasteiger charge is 2.43. The molecule has 0 spiro atoms. The highest BCUT2D eigenvalue weighted by atomic mass is 16.7. The lowest BCUT2D eigenvalue weighted by atomic mass is 9.75. The quantitative estimate of drug-likeness (QED) is 0.714. The molecule has 3 nitrogen and oxygen atoms in total. The number of ether oxygens (including phenoxy) is 2. The highest BCUT2D eigenvalue weighted by molar-refractivity contribution is 4.89. The molecule has 1 aliphatic rings. The van der Waals surface area contributed by atoms with Crippen molar-refractivity contribution in [3.05, 3.63) is 0 Å². The Morgan fingerprint density at radius 3 is 2.69 bits per heavy atom. The average molecular weight is 188 g/mol. The molecule has 1 saturated heterocycles. The predicted molar refractivity (Wildman–Crippen MR) is 50.4 cm³/mol. The molecule has 0 bridgehead atoms. The molecule has 2 unspecified atom stereocenters. The van der Waals surface area contributed by atoms with E-state index in [1.807, 2.05) is 6.92 Å². The number of rotatable bonds is 2. The Kier molecular flexibility index (Phi) is 3.33. The van der Waals surface area contributed by atoms with Gasteiger partial charge in [0.2, 0.25) is 0 Å². The van der Waals surface area contributed by atoms with Crippen LogP contribution < -0.4 is 0 Å². The molecule has 0 aromatic carbocycles. The molecular weight excluding hydrogens is 168 g/mol. The summed E-state index contributed by atoms with van der Waals surface area (Å²) < 4.78 is 10.6. The molecule has 0 aromatic rings. The molecular formula is C10H20O3. The first-order valence-electron chi connectivity index (χ1n) is 4.90. The van der Waals surface area contributed by atoms with Gasteiger partial charge in [0.1, 0.15) is 0 Å². The van der Waals surface area contributed by atoms with Crippen molar-refractivity contribution < 1.29 is 14.6 Å². The second-order valence-corrected chi connectivity index (χ2v) is 4.16. The minimum absolute atomic E-state index is 0.0711. The predicted octanol–water partition coefficient (Wildman–Crippen LogP) is 1.54. The zero-order chi connectivity index (χ0) is 10.1. The maximum Gasteiger partial charge on any atom is 0.158 e. The van der Waals surface area contributed by atoms with Crippen molar-refractivity contribution in [3.8, 4) is 0 Å². The lowest BCUT2D eigenvalue weighted by Gasteiger charge is -2.44. The van der Waals surface area contributed by atoms with Gasteiger partial charge in [-0.05, 0) is 13.3 Å². The largest absolute Gasteiger partial charge is 0.390 e. The second-order valence-electron chi connectivity index (χ2n) is 4.16. The van der Waals surface area contributed by atoms with Gasteiger partial charge >= 0.3 is 0 Å². The number of hydrogen-bond donors (Lipinski definition) is 1. The third-order valence-electron chi connectivity index (χ3n) is 3.23. The van der Waals surface area contributed by atoms with Gasteiger partial charge in [-0.25, -0.2) is 0 Å². The molecule has 1 fully saturated rings. The molecule has 13 heavy (non-hydrogen) atoms. The molecule has 0 aromatic heterocycles. The first-order valence-corrected chi connectivity index (χ1v) is 4.90. The fourth-order valence-electron chi connectivity index (χ4n) is 1.92. The van der Waals surface area contributed by atoms with Crippen LogP contribution in [0.4, 0.5) is 0 Å². The van der Waals surface area contributed by atoms with Gasteiger partial charge in [-0.3, -0.25) is 0 Å². The average Bonchev–Trinajstić information content (AvgIpc) is 2.13. The Bertz CT molecular complexity index is 172. The monoisotopic (exact) mass is 188 g/mol. The standard InChI is InChI=1S/C10H20O3/c1-5-10(3)6-8(12-4)13-7(2)9(10)11/h7-9,11H,5-6H2,1-4H3/t7-,8?,9-,10?/m0/s1. The van der Waals surface area contributed by atoms with Crippen molar-refractivity contribution in [1.29, 1.82) is 0 Å². The molecule has 1 rings (SSSR count). The smallest absolute Gasteiger partial charge is 0.158 e. The van der Waals surface area contributed by atoms with Crippen LogP contribution in [-0.2, 0) is 9.47 Å². The minimum atomic E-state index is -0.385. The van der Waals surface area contributed by atoms with Gasteiger partial charge < -0.3 is 14.6 Å². The Morgan fingerprint density at radius 2 is 2.23 bits per heavy atom. The number of hydrogen-bond acceptors (Lipinski definition) is 3. The summed E-state index contributed by atoms with van der Waals surface area (Å²) in [6.07, 6.45) is 1.03. The first kappa shape index (κ1) is 11.0. The number of aliphatic hydroxyl groups excluding tert-OH is 1. The lowest BCUT2D eigenvalue weighted by molar-refractivity contribution is -0.247. The Balaban J connectivity index is 2.71. The maximum absolute atomic E-state index is 9.93. The van der Waals surface area contributed by atoms with Crippen molar-refractivity contribution in [3.63, 3.8) is 0 Å². The summed E-state index contributed by atoms with van der Waals surface area (Å²) in [4.78, 5) is 0. The van der Waals surface area contributed by atoms with Crippen molar-refractivity contribution in [2.75, 3.05) is 7.11 Å². The Morgan fingerprint density at radius 1 is 1.62 bits per heavy atom. The maximum atomic E-state index is 9.93. The normalized spacial score (nSPS) is 46.4. The van der Waals surface area contributed by atoms with E-state index in [2.05, 4.69) is 13.8 Å². The fraction of sp³-hybridized carbons (Fsp3) is 1.00. The van der Waals surface area contributed by atoms with E-state index in [4.69, 9.17) is 9.47 Å². The van der Waals surface area contributed by atoms with Gasteiger partial charge in [-0.15, -0.1) is 0 Å². The van der Waals surface area contributed by atoms with Gasteiger partial charge in [0.25, 0.3) is 0 Å². The zero-order valence-corrected chi connectivity index (χ0v) is 8.91. The van der Waals surface area contributed by atoms with E-state index in [-0.39, 0.29) is 23.9 Å². The molecule has 1 heterocycles. The van der Waals surface area contributed by atoms with E-state index >= 15 is 0 Å². The van der Waals surface area contributed by atoms with Crippen molar-refractivity contribution in [2.24, 2.45) is 5.41 Å². The van der Waals surface area contributed by atoms with Crippen LogP contribution >= 0.6 is 0 Å². The molecule has 0 saturated carbocycles. The van der Waals surface area contributed by atoms with E-state index in [1.165, 1.54) is 0 Å². The van der Waals surface area contributed by atoms with Gasteiger partial charge in [0.05, 0.1) is 12.2 Å². The Hall–Kier alpha value is -0.120. The van der Waals surface area contributed by atoms with E-state index in [0.29, 0.717) is 0 Å². The highest BCUT2D eigenvalue weighted by Crippen LogP contribution is 2.39. The summed E-state index contributed by atoms with van der Waals surface area (Å²) >= 11 is 0. The second kappa shape index (κ2) is 3.95.